The molecule has 0 radical (unpaired) electrons. The van der Waals surface area contributed by atoms with E-state index in [1.54, 1.807) is 0 Å². The number of carbonyl (C=O) groups excluding carboxylic acids is 1. The lowest BCUT2D eigenvalue weighted by Crippen LogP contribution is -2.57. The molecule has 2 saturated heterocycles. The van der Waals surface area contributed by atoms with E-state index in [1.807, 2.05) is 6.92 Å². The molecule has 0 aromatic heterocycles. The largest absolute Gasteiger partial charge is 0.378 e. The first-order valence-corrected chi connectivity index (χ1v) is 9.60. The SMILES string of the molecule is Cc1ccc(C)c(C(=O)C2CC3COCC(C2)N3Cc2ccccc2)c1. The van der Waals surface area contributed by atoms with Gasteiger partial charge in [-0.3, -0.25) is 9.69 Å². The molecule has 2 fully saturated rings. The van der Waals surface area contributed by atoms with Crippen molar-refractivity contribution in [2.24, 2.45) is 5.92 Å². The average molecular weight is 349 g/mol. The molecule has 2 heterocycles. The summed E-state index contributed by atoms with van der Waals surface area (Å²) in [6.07, 6.45) is 1.80. The number of Topliss-reactive ketones (excluding diaryl/α,β-unsaturated/α-hetero) is 1. The number of nitrogens with zero attached hydrogens (tertiary/aromatic N) is 1. The van der Waals surface area contributed by atoms with Crippen LogP contribution in [0, 0.1) is 19.8 Å². The van der Waals surface area contributed by atoms with E-state index in [-0.39, 0.29) is 5.92 Å². The van der Waals surface area contributed by atoms with E-state index in [0.717, 1.165) is 49.3 Å². The molecule has 2 aliphatic heterocycles. The summed E-state index contributed by atoms with van der Waals surface area (Å²) in [7, 11) is 0. The highest BCUT2D eigenvalue weighted by Gasteiger charge is 2.41. The molecular weight excluding hydrogens is 322 g/mol. The maximum atomic E-state index is 13.2. The van der Waals surface area contributed by atoms with E-state index in [4.69, 9.17) is 4.74 Å². The predicted octanol–water partition coefficient (Wildman–Crippen LogP) is 4.17. The Morgan fingerprint density at radius 1 is 1.04 bits per heavy atom. The predicted molar refractivity (Wildman–Crippen MR) is 103 cm³/mol. The number of ether oxygens (including phenoxy) is 1. The summed E-state index contributed by atoms with van der Waals surface area (Å²) in [4.78, 5) is 15.8. The van der Waals surface area contributed by atoms with E-state index in [2.05, 4.69) is 60.4 Å². The number of aryl methyl sites for hydroxylation is 2. The number of benzene rings is 2. The topological polar surface area (TPSA) is 29.5 Å². The fourth-order valence-electron chi connectivity index (χ4n) is 4.48. The van der Waals surface area contributed by atoms with Gasteiger partial charge in [0, 0.05) is 30.1 Å². The highest BCUT2D eigenvalue weighted by atomic mass is 16.5. The first kappa shape index (κ1) is 17.4. The van der Waals surface area contributed by atoms with Crippen LogP contribution in [0.2, 0.25) is 0 Å². The maximum Gasteiger partial charge on any atom is 0.166 e. The monoisotopic (exact) mass is 349 g/mol. The Labute approximate surface area is 156 Å². The van der Waals surface area contributed by atoms with Crippen LogP contribution in [0.1, 0.15) is 39.9 Å². The molecule has 3 heteroatoms. The third-order valence-electron chi connectivity index (χ3n) is 5.91. The third kappa shape index (κ3) is 3.46. The Morgan fingerprint density at radius 3 is 2.42 bits per heavy atom. The molecule has 2 unspecified atom stereocenters. The van der Waals surface area contributed by atoms with Crippen LogP contribution in [-0.2, 0) is 11.3 Å². The van der Waals surface area contributed by atoms with E-state index < -0.39 is 0 Å². The fourth-order valence-corrected chi connectivity index (χ4v) is 4.48. The minimum atomic E-state index is 0.112. The van der Waals surface area contributed by atoms with Gasteiger partial charge in [-0.15, -0.1) is 0 Å². The zero-order valence-electron chi connectivity index (χ0n) is 15.7. The van der Waals surface area contributed by atoms with Gasteiger partial charge < -0.3 is 4.74 Å². The Kier molecular flexibility index (Phi) is 4.92. The summed E-state index contributed by atoms with van der Waals surface area (Å²) in [5.41, 5.74) is 4.49. The molecule has 4 rings (SSSR count). The first-order chi connectivity index (χ1) is 12.6. The highest BCUT2D eigenvalue weighted by Crippen LogP contribution is 2.35. The molecule has 2 atom stereocenters. The molecule has 0 spiro atoms. The lowest BCUT2D eigenvalue weighted by Gasteiger charge is -2.48. The highest BCUT2D eigenvalue weighted by molar-refractivity contribution is 5.99. The van der Waals surface area contributed by atoms with Gasteiger partial charge in [0.2, 0.25) is 0 Å². The van der Waals surface area contributed by atoms with Gasteiger partial charge >= 0.3 is 0 Å². The molecule has 0 saturated carbocycles. The van der Waals surface area contributed by atoms with Crippen LogP contribution in [0.3, 0.4) is 0 Å². The van der Waals surface area contributed by atoms with Crippen molar-refractivity contribution in [2.45, 2.75) is 45.3 Å². The van der Waals surface area contributed by atoms with Gasteiger partial charge in [-0.1, -0.05) is 48.0 Å². The third-order valence-corrected chi connectivity index (χ3v) is 5.91. The number of hydrogen-bond donors (Lipinski definition) is 0. The molecule has 2 bridgehead atoms. The summed E-state index contributed by atoms with van der Waals surface area (Å²) in [5, 5.41) is 0. The second-order valence-corrected chi connectivity index (χ2v) is 7.85. The molecule has 3 nitrogen and oxygen atoms in total. The number of carbonyl (C=O) groups is 1. The van der Waals surface area contributed by atoms with Crippen molar-refractivity contribution in [1.29, 1.82) is 0 Å². The zero-order chi connectivity index (χ0) is 18.1. The Bertz CT molecular complexity index is 772. The minimum absolute atomic E-state index is 0.112. The number of rotatable bonds is 4. The molecule has 26 heavy (non-hydrogen) atoms. The quantitative estimate of drug-likeness (QED) is 0.776. The zero-order valence-corrected chi connectivity index (χ0v) is 15.7. The van der Waals surface area contributed by atoms with Gasteiger partial charge in [0.05, 0.1) is 13.2 Å². The average Bonchev–Trinajstić information content (AvgIpc) is 2.64. The molecule has 0 aliphatic carbocycles. The molecule has 2 aromatic carbocycles. The Balaban J connectivity index is 1.52. The van der Waals surface area contributed by atoms with Gasteiger partial charge in [-0.25, -0.2) is 0 Å². The second-order valence-electron chi connectivity index (χ2n) is 7.85. The number of morpholine rings is 1. The van der Waals surface area contributed by atoms with Crippen molar-refractivity contribution in [3.63, 3.8) is 0 Å². The van der Waals surface area contributed by atoms with E-state index in [1.165, 1.54) is 5.56 Å². The number of piperidine rings is 1. The number of ketones is 1. The molecule has 136 valence electrons. The first-order valence-electron chi connectivity index (χ1n) is 9.60. The van der Waals surface area contributed by atoms with Crippen LogP contribution in [0.5, 0.6) is 0 Å². The standard InChI is InChI=1S/C23H27NO2/c1-16-8-9-17(2)22(10-16)23(25)19-11-20-14-26-15-21(12-19)24(20)13-18-6-4-3-5-7-18/h3-10,19-21H,11-15H2,1-2H3. The van der Waals surface area contributed by atoms with Crippen LogP contribution in [0.4, 0.5) is 0 Å². The smallest absolute Gasteiger partial charge is 0.166 e. The summed E-state index contributed by atoms with van der Waals surface area (Å²) in [6, 6.07) is 17.5. The van der Waals surface area contributed by atoms with E-state index in [0.29, 0.717) is 17.9 Å². The van der Waals surface area contributed by atoms with Gasteiger partial charge in [-0.05, 0) is 43.9 Å². The number of fused-ring (bicyclic) bond motifs is 2. The van der Waals surface area contributed by atoms with Crippen molar-refractivity contribution in [2.75, 3.05) is 13.2 Å². The van der Waals surface area contributed by atoms with Crippen LogP contribution in [-0.4, -0.2) is 36.0 Å². The van der Waals surface area contributed by atoms with Crippen molar-refractivity contribution in [1.82, 2.24) is 4.90 Å². The summed E-state index contributed by atoms with van der Waals surface area (Å²) >= 11 is 0. The second kappa shape index (κ2) is 7.34. The van der Waals surface area contributed by atoms with E-state index >= 15 is 0 Å². The van der Waals surface area contributed by atoms with Gasteiger partial charge in [0.1, 0.15) is 0 Å². The van der Waals surface area contributed by atoms with Crippen molar-refractivity contribution >= 4 is 5.78 Å². The summed E-state index contributed by atoms with van der Waals surface area (Å²) < 4.78 is 5.83. The minimum Gasteiger partial charge on any atom is -0.378 e. The number of hydrogen-bond acceptors (Lipinski definition) is 3. The van der Waals surface area contributed by atoms with Crippen LogP contribution in [0.25, 0.3) is 0 Å². The normalized spacial score (nSPS) is 25.8. The van der Waals surface area contributed by atoms with Crippen molar-refractivity contribution < 1.29 is 9.53 Å². The molecule has 2 aromatic rings. The van der Waals surface area contributed by atoms with Crippen molar-refractivity contribution in [3.05, 3.63) is 70.8 Å². The lowest BCUT2D eigenvalue weighted by atomic mass is 9.79. The summed E-state index contributed by atoms with van der Waals surface area (Å²) in [5.74, 6) is 0.434. The lowest BCUT2D eigenvalue weighted by molar-refractivity contribution is -0.0872. The maximum absolute atomic E-state index is 13.2. The van der Waals surface area contributed by atoms with E-state index in [9.17, 15) is 4.79 Å². The van der Waals surface area contributed by atoms with Gasteiger partial charge in [0.25, 0.3) is 0 Å². The fraction of sp³-hybridized carbons (Fsp3) is 0.435. The summed E-state index contributed by atoms with van der Waals surface area (Å²) in [6.45, 7) is 6.52. The molecular formula is C23H27NO2. The Morgan fingerprint density at radius 2 is 1.73 bits per heavy atom. The van der Waals surface area contributed by atoms with Crippen LogP contribution in [0.15, 0.2) is 48.5 Å². The molecule has 2 aliphatic rings. The van der Waals surface area contributed by atoms with Gasteiger partial charge in [0.15, 0.2) is 5.78 Å². The van der Waals surface area contributed by atoms with Crippen LogP contribution >= 0.6 is 0 Å². The molecule has 0 amide bonds. The van der Waals surface area contributed by atoms with Crippen LogP contribution < -0.4 is 0 Å². The van der Waals surface area contributed by atoms with Crippen molar-refractivity contribution in [3.8, 4) is 0 Å². The van der Waals surface area contributed by atoms with Gasteiger partial charge in [-0.2, -0.15) is 0 Å². The Hall–Kier alpha value is -1.97. The molecule has 0 N–H and O–H groups in total.